The Hall–Kier alpha value is 0.651. The molecule has 0 fully saturated rings. The summed E-state index contributed by atoms with van der Waals surface area (Å²) in [5.74, 6) is 0. The Bertz CT molecular complexity index is 27.0. The van der Waals surface area contributed by atoms with Crippen molar-refractivity contribution in [1.82, 2.24) is 0 Å². The van der Waals surface area contributed by atoms with Crippen LogP contribution in [0.5, 0.6) is 0 Å². The molecule has 0 aromatic carbocycles. The number of hydrogen-bond donors (Lipinski definition) is 0. The van der Waals surface area contributed by atoms with Crippen molar-refractivity contribution >= 4 is 29.3 Å². The third kappa shape index (κ3) is 2.87. The summed E-state index contributed by atoms with van der Waals surface area (Å²) >= 11 is 0. The summed E-state index contributed by atoms with van der Waals surface area (Å²) in [4.78, 5) is 1.27. The molecule has 0 bridgehead atoms. The van der Waals surface area contributed by atoms with Gasteiger partial charge in [-0.05, 0) is 20.5 Å². The van der Waals surface area contributed by atoms with E-state index in [2.05, 4.69) is 13.1 Å². The van der Waals surface area contributed by atoms with Crippen molar-refractivity contribution < 1.29 is 0 Å². The van der Waals surface area contributed by atoms with Crippen molar-refractivity contribution in [3.63, 3.8) is 0 Å². The van der Waals surface area contributed by atoms with Crippen LogP contribution in [0.3, 0.4) is 0 Å². The molecule has 0 aliphatic heterocycles. The third-order valence-electron chi connectivity index (χ3n) is 1.33. The molecule has 0 heterocycles. The summed E-state index contributed by atoms with van der Waals surface area (Å²) in [7, 11) is 2.83. The maximum Gasteiger partial charge on any atom is 0.0268 e. The molecule has 0 N–H and O–H groups in total. The number of hydrogen-bond acceptors (Lipinski definition) is 0. The maximum atomic E-state index is 2.45. The molecule has 0 spiro atoms. The standard InChI is InChI=1S/C3H14Si3/c1-6(2)3(4)5/h3,6H,1-2,4-5H3. The van der Waals surface area contributed by atoms with Gasteiger partial charge in [-0.3, -0.25) is 0 Å². The van der Waals surface area contributed by atoms with Crippen LogP contribution < -0.4 is 0 Å². The van der Waals surface area contributed by atoms with Gasteiger partial charge in [0.2, 0.25) is 0 Å². The minimum absolute atomic E-state index is 0.120. The zero-order valence-corrected chi connectivity index (χ0v) is 10.3. The highest BCUT2D eigenvalue weighted by molar-refractivity contribution is 6.74. The van der Waals surface area contributed by atoms with Crippen LogP contribution in [0.1, 0.15) is 0 Å². The van der Waals surface area contributed by atoms with Gasteiger partial charge in [0.15, 0.2) is 0 Å². The molecule has 3 heteroatoms. The van der Waals surface area contributed by atoms with Crippen LogP contribution in [-0.2, 0) is 0 Å². The van der Waals surface area contributed by atoms with E-state index in [9.17, 15) is 0 Å². The van der Waals surface area contributed by atoms with Crippen LogP contribution >= 0.6 is 0 Å². The Balaban J connectivity index is 2.99. The summed E-state index contributed by atoms with van der Waals surface area (Å²) in [6, 6.07) is 0. The lowest BCUT2D eigenvalue weighted by Gasteiger charge is -2.03. The quantitative estimate of drug-likeness (QED) is 0.383. The molecule has 0 aliphatic rings. The van der Waals surface area contributed by atoms with E-state index in [1.54, 1.807) is 0 Å². The lowest BCUT2D eigenvalue weighted by atomic mass is 11.8. The second-order valence-corrected chi connectivity index (χ2v) is 14.9. The van der Waals surface area contributed by atoms with Gasteiger partial charge in [0.25, 0.3) is 0 Å². The Morgan fingerprint density at radius 2 is 1.50 bits per heavy atom. The van der Waals surface area contributed by atoms with Crippen LogP contribution in [0.15, 0.2) is 0 Å². The Morgan fingerprint density at radius 1 is 1.33 bits per heavy atom. The second-order valence-electron chi connectivity index (χ2n) is 2.49. The summed E-state index contributed by atoms with van der Waals surface area (Å²) in [5, 5.41) is 0. The monoisotopic (exact) mass is 134 g/mol. The Kier molecular flexibility index (Phi) is 3.06. The highest BCUT2D eigenvalue weighted by atomic mass is 28.3. The van der Waals surface area contributed by atoms with E-state index >= 15 is 0 Å². The first-order valence-electron chi connectivity index (χ1n) is 2.64. The molecule has 0 amide bonds. The summed E-state index contributed by atoms with van der Waals surface area (Å²) in [6.45, 7) is 4.90. The summed E-state index contributed by atoms with van der Waals surface area (Å²) in [6.07, 6.45) is 0. The lowest BCUT2D eigenvalue weighted by Crippen LogP contribution is -2.10. The molecule has 0 atom stereocenters. The minimum Gasteiger partial charge on any atom is -0.0727 e. The van der Waals surface area contributed by atoms with Crippen molar-refractivity contribution in [3.05, 3.63) is 0 Å². The summed E-state index contributed by atoms with van der Waals surface area (Å²) < 4.78 is 0. The molecular weight excluding hydrogens is 120 g/mol. The Labute approximate surface area is 47.8 Å². The molecule has 0 unspecified atom stereocenters. The maximum absolute atomic E-state index is 2.45. The van der Waals surface area contributed by atoms with Gasteiger partial charge in [-0.1, -0.05) is 17.9 Å². The lowest BCUT2D eigenvalue weighted by molar-refractivity contribution is 1.71. The van der Waals surface area contributed by atoms with E-state index < -0.39 is 0 Å². The molecule has 6 heavy (non-hydrogen) atoms. The van der Waals surface area contributed by atoms with Crippen molar-refractivity contribution in [1.29, 1.82) is 0 Å². The van der Waals surface area contributed by atoms with Crippen molar-refractivity contribution in [2.75, 3.05) is 0 Å². The van der Waals surface area contributed by atoms with Crippen molar-refractivity contribution in [2.24, 2.45) is 0 Å². The average molecular weight is 134 g/mol. The highest BCUT2D eigenvalue weighted by Gasteiger charge is 1.98. The fourth-order valence-corrected chi connectivity index (χ4v) is 0. The zero-order chi connectivity index (χ0) is 5.15. The van der Waals surface area contributed by atoms with Gasteiger partial charge >= 0.3 is 0 Å². The molecule has 38 valence electrons. The average Bonchev–Trinajstić information content (AvgIpc) is 1.36. The highest BCUT2D eigenvalue weighted by Crippen LogP contribution is 1.94. The molecular formula is C3H14Si3. The van der Waals surface area contributed by atoms with Gasteiger partial charge in [-0.25, -0.2) is 0 Å². The van der Waals surface area contributed by atoms with Crippen LogP contribution in [0.2, 0.25) is 17.9 Å². The van der Waals surface area contributed by atoms with E-state index in [1.807, 2.05) is 0 Å². The first-order chi connectivity index (χ1) is 2.64. The molecule has 0 saturated carbocycles. The van der Waals surface area contributed by atoms with Gasteiger partial charge in [-0.15, -0.1) is 0 Å². The van der Waals surface area contributed by atoms with Crippen molar-refractivity contribution in [2.45, 2.75) is 17.9 Å². The topological polar surface area (TPSA) is 0 Å². The van der Waals surface area contributed by atoms with E-state index in [4.69, 9.17) is 0 Å². The fraction of sp³-hybridized carbons (Fsp3) is 1.00. The van der Waals surface area contributed by atoms with Gasteiger partial charge in [0, 0.05) is 8.80 Å². The van der Waals surface area contributed by atoms with Crippen molar-refractivity contribution in [3.8, 4) is 0 Å². The molecule has 0 radical (unpaired) electrons. The van der Waals surface area contributed by atoms with Gasteiger partial charge in [0.05, 0.1) is 0 Å². The van der Waals surface area contributed by atoms with E-state index in [0.29, 0.717) is 0 Å². The van der Waals surface area contributed by atoms with Gasteiger partial charge < -0.3 is 0 Å². The van der Waals surface area contributed by atoms with E-state index in [1.165, 1.54) is 25.3 Å². The molecule has 0 aromatic heterocycles. The van der Waals surface area contributed by atoms with E-state index in [-0.39, 0.29) is 8.80 Å². The first kappa shape index (κ1) is 6.65. The Morgan fingerprint density at radius 3 is 1.50 bits per heavy atom. The molecule has 0 nitrogen and oxygen atoms in total. The van der Waals surface area contributed by atoms with Crippen LogP contribution in [-0.4, -0.2) is 29.3 Å². The molecule has 0 aromatic rings. The van der Waals surface area contributed by atoms with Gasteiger partial charge in [0.1, 0.15) is 0 Å². The normalized spacial score (nSPS) is 16.5. The fourth-order valence-electron chi connectivity index (χ4n) is 0. The summed E-state index contributed by atoms with van der Waals surface area (Å²) in [5.41, 5.74) is 0. The zero-order valence-electron chi connectivity index (χ0n) is 5.15. The minimum atomic E-state index is -0.120. The van der Waals surface area contributed by atoms with Crippen LogP contribution in [0.4, 0.5) is 0 Å². The van der Waals surface area contributed by atoms with Crippen LogP contribution in [0, 0.1) is 0 Å². The first-order valence-corrected chi connectivity index (χ1v) is 7.93. The molecule has 0 aliphatic carbocycles. The SMILES string of the molecule is C[SiH](C)C([SiH3])[SiH3]. The third-order valence-corrected chi connectivity index (χ3v) is 12.0. The molecule has 0 saturated heterocycles. The van der Waals surface area contributed by atoms with E-state index in [0.717, 1.165) is 0 Å². The number of rotatable bonds is 1. The second kappa shape index (κ2) is 2.76. The molecule has 0 rings (SSSR count). The van der Waals surface area contributed by atoms with Gasteiger partial charge in [-0.2, -0.15) is 0 Å². The predicted octanol–water partition coefficient (Wildman–Crippen LogP) is -1.51. The smallest absolute Gasteiger partial charge is 0.0268 e. The largest absolute Gasteiger partial charge is 0.0727 e. The predicted molar refractivity (Wildman–Crippen MR) is 42.5 cm³/mol. The van der Waals surface area contributed by atoms with Crippen LogP contribution in [0.25, 0.3) is 0 Å².